The SMILES string of the molecule is CCCCOc1ccc(C2/C(=C(/O)c3ccc(OC)c(Br)c3)C(=O)C(=O)N2CCC)cc1. The topological polar surface area (TPSA) is 76.1 Å². The van der Waals surface area contributed by atoms with E-state index < -0.39 is 17.7 Å². The van der Waals surface area contributed by atoms with Gasteiger partial charge in [-0.25, -0.2) is 0 Å². The second-order valence-corrected chi connectivity index (χ2v) is 8.47. The molecule has 0 radical (unpaired) electrons. The third kappa shape index (κ3) is 4.83. The van der Waals surface area contributed by atoms with Crippen molar-refractivity contribution in [3.8, 4) is 11.5 Å². The molecule has 1 heterocycles. The zero-order chi connectivity index (χ0) is 23.3. The number of Topliss-reactive ketones (excluding diaryl/α,β-unsaturated/α-hetero) is 1. The molecule has 7 heteroatoms. The van der Waals surface area contributed by atoms with E-state index in [-0.39, 0.29) is 11.3 Å². The summed E-state index contributed by atoms with van der Waals surface area (Å²) >= 11 is 3.41. The lowest BCUT2D eigenvalue weighted by Gasteiger charge is -2.25. The molecule has 2 aromatic rings. The fraction of sp³-hybridized carbons (Fsp3) is 0.360. The summed E-state index contributed by atoms with van der Waals surface area (Å²) in [5, 5.41) is 11.1. The Morgan fingerprint density at radius 3 is 2.41 bits per heavy atom. The van der Waals surface area contributed by atoms with Gasteiger partial charge in [-0.05, 0) is 64.7 Å². The average Bonchev–Trinajstić information content (AvgIpc) is 3.04. The lowest BCUT2D eigenvalue weighted by molar-refractivity contribution is -0.139. The summed E-state index contributed by atoms with van der Waals surface area (Å²) < 4.78 is 11.6. The van der Waals surface area contributed by atoms with Gasteiger partial charge in [-0.1, -0.05) is 32.4 Å². The molecule has 1 amide bonds. The van der Waals surface area contributed by atoms with E-state index in [4.69, 9.17) is 9.47 Å². The van der Waals surface area contributed by atoms with Crippen molar-refractivity contribution in [3.63, 3.8) is 0 Å². The van der Waals surface area contributed by atoms with E-state index in [1.54, 1.807) is 25.3 Å². The number of hydrogen-bond acceptors (Lipinski definition) is 5. The van der Waals surface area contributed by atoms with Gasteiger partial charge in [0.15, 0.2) is 0 Å². The van der Waals surface area contributed by atoms with Gasteiger partial charge >= 0.3 is 0 Å². The smallest absolute Gasteiger partial charge is 0.295 e. The van der Waals surface area contributed by atoms with Crippen LogP contribution in [0.3, 0.4) is 0 Å². The fourth-order valence-electron chi connectivity index (χ4n) is 3.75. The number of carbonyl (C=O) groups is 2. The van der Waals surface area contributed by atoms with Crippen LogP contribution in [0.2, 0.25) is 0 Å². The Kier molecular flexibility index (Phi) is 7.96. The van der Waals surface area contributed by atoms with Gasteiger partial charge in [-0.3, -0.25) is 9.59 Å². The van der Waals surface area contributed by atoms with Crippen molar-refractivity contribution >= 4 is 33.4 Å². The Morgan fingerprint density at radius 1 is 1.09 bits per heavy atom. The largest absolute Gasteiger partial charge is 0.507 e. The minimum atomic E-state index is -0.684. The minimum absolute atomic E-state index is 0.0835. The van der Waals surface area contributed by atoms with E-state index in [1.165, 1.54) is 4.90 Å². The van der Waals surface area contributed by atoms with Crippen molar-refractivity contribution in [3.05, 3.63) is 63.6 Å². The molecular weight excluding hydrogens is 474 g/mol. The van der Waals surface area contributed by atoms with Crippen molar-refractivity contribution in [1.29, 1.82) is 0 Å². The number of ketones is 1. The van der Waals surface area contributed by atoms with Gasteiger partial charge in [0.25, 0.3) is 11.7 Å². The van der Waals surface area contributed by atoms with Crippen LogP contribution < -0.4 is 9.47 Å². The molecular formula is C25H28BrNO5. The van der Waals surface area contributed by atoms with Crippen LogP contribution >= 0.6 is 15.9 Å². The zero-order valence-electron chi connectivity index (χ0n) is 18.6. The average molecular weight is 502 g/mol. The molecule has 1 N–H and O–H groups in total. The quantitative estimate of drug-likeness (QED) is 0.213. The summed E-state index contributed by atoms with van der Waals surface area (Å²) in [6.45, 7) is 5.09. The molecule has 1 aliphatic rings. The Hall–Kier alpha value is -2.80. The molecule has 170 valence electrons. The fourth-order valence-corrected chi connectivity index (χ4v) is 4.29. The van der Waals surface area contributed by atoms with Crippen molar-refractivity contribution < 1.29 is 24.2 Å². The first kappa shape index (κ1) is 23.9. The van der Waals surface area contributed by atoms with Crippen LogP contribution in [-0.2, 0) is 9.59 Å². The number of ether oxygens (including phenoxy) is 2. The third-order valence-electron chi connectivity index (χ3n) is 5.39. The number of likely N-dealkylation sites (tertiary alicyclic amines) is 1. The number of nitrogens with zero attached hydrogens (tertiary/aromatic N) is 1. The summed E-state index contributed by atoms with van der Waals surface area (Å²) in [6, 6.07) is 11.7. The second-order valence-electron chi connectivity index (χ2n) is 7.61. The minimum Gasteiger partial charge on any atom is -0.507 e. The number of rotatable bonds is 9. The van der Waals surface area contributed by atoms with Crippen molar-refractivity contribution in [2.24, 2.45) is 0 Å². The number of amides is 1. The maximum Gasteiger partial charge on any atom is 0.295 e. The van der Waals surface area contributed by atoms with Crippen LogP contribution in [0.5, 0.6) is 11.5 Å². The zero-order valence-corrected chi connectivity index (χ0v) is 20.1. The van der Waals surface area contributed by atoms with Crippen LogP contribution in [0.25, 0.3) is 5.76 Å². The number of unbranched alkanes of at least 4 members (excludes halogenated alkanes) is 1. The molecule has 0 aromatic heterocycles. The van der Waals surface area contributed by atoms with E-state index in [0.717, 1.165) is 24.2 Å². The molecule has 1 fully saturated rings. The molecule has 0 aliphatic carbocycles. The molecule has 1 aliphatic heterocycles. The molecule has 0 spiro atoms. The highest BCUT2D eigenvalue weighted by Gasteiger charge is 2.45. The van der Waals surface area contributed by atoms with Crippen LogP contribution in [0.4, 0.5) is 0 Å². The van der Waals surface area contributed by atoms with Crippen LogP contribution in [-0.4, -0.2) is 42.0 Å². The molecule has 6 nitrogen and oxygen atoms in total. The molecule has 0 bridgehead atoms. The van der Waals surface area contributed by atoms with E-state index >= 15 is 0 Å². The second kappa shape index (κ2) is 10.7. The molecule has 1 saturated heterocycles. The highest BCUT2D eigenvalue weighted by Crippen LogP contribution is 2.40. The predicted octanol–water partition coefficient (Wildman–Crippen LogP) is 5.47. The van der Waals surface area contributed by atoms with Gasteiger partial charge in [0.1, 0.15) is 17.3 Å². The van der Waals surface area contributed by atoms with Crippen molar-refractivity contribution in [2.45, 2.75) is 39.2 Å². The summed E-state index contributed by atoms with van der Waals surface area (Å²) in [5.74, 6) is -0.166. The number of hydrogen-bond donors (Lipinski definition) is 1. The number of aliphatic hydroxyl groups excluding tert-OH is 1. The normalized spacial score (nSPS) is 17.6. The Morgan fingerprint density at radius 2 is 1.81 bits per heavy atom. The standard InChI is InChI=1S/C25H28BrNO5/c1-4-6-14-32-18-10-7-16(8-11-18)22-21(24(29)25(30)27(22)13-5-2)23(28)17-9-12-20(31-3)19(26)15-17/h7-12,15,22,28H,4-6,13-14H2,1-3H3/b23-21-. The summed E-state index contributed by atoms with van der Waals surface area (Å²) in [5.41, 5.74) is 1.26. The number of benzene rings is 2. The monoisotopic (exact) mass is 501 g/mol. The van der Waals surface area contributed by atoms with E-state index in [2.05, 4.69) is 22.9 Å². The van der Waals surface area contributed by atoms with E-state index in [9.17, 15) is 14.7 Å². The maximum atomic E-state index is 13.0. The highest BCUT2D eigenvalue weighted by atomic mass is 79.9. The molecule has 3 rings (SSSR count). The molecule has 2 aromatic carbocycles. The molecule has 1 unspecified atom stereocenters. The summed E-state index contributed by atoms with van der Waals surface area (Å²) in [4.78, 5) is 27.3. The van der Waals surface area contributed by atoms with Crippen molar-refractivity contribution in [1.82, 2.24) is 4.90 Å². The third-order valence-corrected chi connectivity index (χ3v) is 6.01. The first-order chi connectivity index (χ1) is 15.4. The van der Waals surface area contributed by atoms with E-state index in [1.807, 2.05) is 31.2 Å². The Labute approximate surface area is 197 Å². The number of halogens is 1. The molecule has 0 saturated carbocycles. The predicted molar refractivity (Wildman–Crippen MR) is 127 cm³/mol. The Balaban J connectivity index is 2.04. The molecule has 32 heavy (non-hydrogen) atoms. The number of aliphatic hydroxyl groups is 1. The van der Waals surface area contributed by atoms with Gasteiger partial charge in [-0.15, -0.1) is 0 Å². The summed E-state index contributed by atoms with van der Waals surface area (Å²) in [7, 11) is 1.55. The lowest BCUT2D eigenvalue weighted by Crippen LogP contribution is -2.30. The van der Waals surface area contributed by atoms with Crippen LogP contribution in [0, 0.1) is 0 Å². The first-order valence-corrected chi connectivity index (χ1v) is 11.6. The highest BCUT2D eigenvalue weighted by molar-refractivity contribution is 9.10. The maximum absolute atomic E-state index is 13.0. The molecule has 1 atom stereocenters. The first-order valence-electron chi connectivity index (χ1n) is 10.8. The van der Waals surface area contributed by atoms with E-state index in [0.29, 0.717) is 35.4 Å². The lowest BCUT2D eigenvalue weighted by atomic mass is 9.95. The number of methoxy groups -OCH3 is 1. The van der Waals surface area contributed by atoms with Gasteiger partial charge in [0.05, 0.1) is 29.8 Å². The van der Waals surface area contributed by atoms with Gasteiger partial charge in [-0.2, -0.15) is 0 Å². The van der Waals surface area contributed by atoms with Gasteiger partial charge in [0, 0.05) is 12.1 Å². The Bertz CT molecular complexity index is 1020. The number of carbonyl (C=O) groups excluding carboxylic acids is 2. The van der Waals surface area contributed by atoms with Gasteiger partial charge < -0.3 is 19.5 Å². The van der Waals surface area contributed by atoms with Crippen LogP contribution in [0.15, 0.2) is 52.5 Å². The van der Waals surface area contributed by atoms with Crippen molar-refractivity contribution in [2.75, 3.05) is 20.3 Å². The summed E-state index contributed by atoms with van der Waals surface area (Å²) in [6.07, 6.45) is 2.71. The van der Waals surface area contributed by atoms with Crippen LogP contribution in [0.1, 0.15) is 50.3 Å². The van der Waals surface area contributed by atoms with Gasteiger partial charge in [0.2, 0.25) is 0 Å².